The zero-order chi connectivity index (χ0) is 63.1. The van der Waals surface area contributed by atoms with E-state index in [-0.39, 0.29) is 17.8 Å². The average Bonchev–Trinajstić information content (AvgIpc) is 3.73. The van der Waals surface area contributed by atoms with Gasteiger partial charge in [-0.25, -0.2) is 24.0 Å². The molecule has 9 heterocycles. The van der Waals surface area contributed by atoms with Gasteiger partial charge < -0.3 is 52.5 Å². The second-order valence-corrected chi connectivity index (χ2v) is 23.0. The van der Waals surface area contributed by atoms with E-state index in [1.165, 1.54) is 0 Å². The Hall–Kier alpha value is -9.72. The highest BCUT2D eigenvalue weighted by Gasteiger charge is 2.29. The number of aromatic nitrogens is 6. The minimum atomic E-state index is -4.64. The fourth-order valence-corrected chi connectivity index (χ4v) is 9.83. The number of nitrogens with zero attached hydrogens (tertiary/aromatic N) is 10. The number of fused-ring (bicyclic) bond motifs is 3. The van der Waals surface area contributed by atoms with Gasteiger partial charge in [-0.3, -0.25) is 19.3 Å². The average molecular weight is 1220 g/mol. The molecule has 0 aliphatic carbocycles. The van der Waals surface area contributed by atoms with Crippen LogP contribution >= 0.6 is 0 Å². The lowest BCUT2D eigenvalue weighted by atomic mass is 10.1. The van der Waals surface area contributed by atoms with Crippen molar-refractivity contribution in [3.05, 3.63) is 141 Å². The van der Waals surface area contributed by atoms with E-state index in [4.69, 9.17) is 27.5 Å². The number of carbonyl (C=O) groups excluding carboxylic acids is 3. The maximum atomic E-state index is 12.5. The van der Waals surface area contributed by atoms with Crippen molar-refractivity contribution in [2.75, 3.05) is 93.2 Å². The number of aldehydes is 1. The first-order valence-electron chi connectivity index (χ1n) is 28.4. The van der Waals surface area contributed by atoms with E-state index in [9.17, 15) is 37.1 Å². The summed E-state index contributed by atoms with van der Waals surface area (Å²) in [7, 11) is 3.63. The molecule has 0 spiro atoms. The lowest BCUT2D eigenvalue weighted by molar-refractivity contribution is -0.156. The molecule has 3 aromatic carbocycles. The number of amides is 2. The number of piperazine rings is 3. The van der Waals surface area contributed by atoms with Crippen molar-refractivity contribution in [3.8, 4) is 33.8 Å². The lowest BCUT2D eigenvalue weighted by Crippen LogP contribution is -2.50. The predicted octanol–water partition coefficient (Wildman–Crippen LogP) is 8.84. The van der Waals surface area contributed by atoms with Crippen LogP contribution in [0.3, 0.4) is 0 Å². The van der Waals surface area contributed by atoms with Gasteiger partial charge in [0.2, 0.25) is 6.29 Å². The number of ether oxygens (including phenoxy) is 2. The first-order chi connectivity index (χ1) is 41.8. The molecule has 464 valence electrons. The molecule has 3 fully saturated rings. The smallest absolute Gasteiger partial charge is 0.444 e. The highest BCUT2D eigenvalue weighted by atomic mass is 19.4. The number of aromatic amines is 1. The van der Waals surface area contributed by atoms with Crippen LogP contribution in [0.15, 0.2) is 137 Å². The Bertz CT molecular complexity index is 4100. The number of hydrogen-bond acceptors (Lipinski definition) is 18. The summed E-state index contributed by atoms with van der Waals surface area (Å²) in [5.74, 6) is 0. The molecular formula is C62H69F3N12O11. The topological polar surface area (TPSA) is 253 Å². The minimum absolute atomic E-state index is 0.284. The fraction of sp³-hybridized carbons (Fsp3) is 0.371. The molecule has 12 rings (SSSR count). The monoisotopic (exact) mass is 1210 g/mol. The van der Waals surface area contributed by atoms with E-state index in [1.54, 1.807) is 56.8 Å². The Morgan fingerprint density at radius 3 is 1.22 bits per heavy atom. The highest BCUT2D eigenvalue weighted by Crippen LogP contribution is 2.29. The molecule has 0 atom stereocenters. The number of hydrogen-bond donors (Lipinski definition) is 2. The van der Waals surface area contributed by atoms with Crippen LogP contribution in [0.2, 0.25) is 0 Å². The van der Waals surface area contributed by atoms with Crippen LogP contribution in [0.1, 0.15) is 41.5 Å². The van der Waals surface area contributed by atoms with Crippen molar-refractivity contribution < 1.29 is 50.3 Å². The van der Waals surface area contributed by atoms with E-state index in [0.717, 1.165) is 59.4 Å². The summed E-state index contributed by atoms with van der Waals surface area (Å²) in [6.45, 7) is 20.1. The number of rotatable bonds is 6. The van der Waals surface area contributed by atoms with Crippen molar-refractivity contribution in [2.45, 2.75) is 58.9 Å². The summed E-state index contributed by atoms with van der Waals surface area (Å²) in [6, 6.07) is 28.5. The number of H-pyrrole nitrogens is 1. The van der Waals surface area contributed by atoms with Crippen LogP contribution in [0.4, 0.5) is 39.8 Å². The van der Waals surface area contributed by atoms with E-state index < -0.39 is 34.9 Å². The molecule has 9 aromatic rings. The van der Waals surface area contributed by atoms with E-state index in [2.05, 4.69) is 46.5 Å². The van der Waals surface area contributed by atoms with E-state index >= 15 is 0 Å². The van der Waals surface area contributed by atoms with Gasteiger partial charge in [0, 0.05) is 163 Å². The molecule has 23 nitrogen and oxygen atoms in total. The molecule has 2 amide bonds. The Morgan fingerprint density at radius 2 is 0.886 bits per heavy atom. The largest absolute Gasteiger partial charge is 0.446 e. The molecule has 0 unspecified atom stereocenters. The third-order valence-electron chi connectivity index (χ3n) is 14.1. The molecule has 88 heavy (non-hydrogen) atoms. The Morgan fingerprint density at radius 1 is 0.523 bits per heavy atom. The van der Waals surface area contributed by atoms with Gasteiger partial charge >= 0.3 is 35.2 Å². The highest BCUT2D eigenvalue weighted by molar-refractivity contribution is 5.86. The van der Waals surface area contributed by atoms with Crippen molar-refractivity contribution in [3.63, 3.8) is 0 Å². The van der Waals surface area contributed by atoms with Crippen molar-refractivity contribution in [1.82, 2.24) is 44.9 Å². The minimum Gasteiger partial charge on any atom is -0.444 e. The zero-order valence-electron chi connectivity index (χ0n) is 50.1. The van der Waals surface area contributed by atoms with Gasteiger partial charge in [0.25, 0.3) is 0 Å². The molecule has 2 N–H and O–H groups in total. The third-order valence-corrected chi connectivity index (χ3v) is 14.1. The van der Waals surface area contributed by atoms with Gasteiger partial charge in [-0.2, -0.15) is 28.5 Å². The first kappa shape index (κ1) is 62.8. The van der Waals surface area contributed by atoms with Crippen molar-refractivity contribution in [2.24, 2.45) is 14.1 Å². The molecule has 3 saturated heterocycles. The van der Waals surface area contributed by atoms with Gasteiger partial charge in [-0.05, 0) is 114 Å². The molecule has 0 bridgehead atoms. The third kappa shape index (κ3) is 16.2. The zero-order valence-corrected chi connectivity index (χ0v) is 50.1. The normalized spacial score (nSPS) is 14.8. The van der Waals surface area contributed by atoms with Crippen molar-refractivity contribution in [1.29, 1.82) is 0 Å². The van der Waals surface area contributed by atoms with Crippen molar-refractivity contribution >= 4 is 68.4 Å². The Kier molecular flexibility index (Phi) is 18.9. The number of aryl methyl sites for hydroxylation is 2. The van der Waals surface area contributed by atoms with Gasteiger partial charge in [-0.15, -0.1) is 0 Å². The maximum absolute atomic E-state index is 12.5. The summed E-state index contributed by atoms with van der Waals surface area (Å²) in [4.78, 5) is 80.4. The lowest BCUT2D eigenvalue weighted by Gasteiger charge is -2.36. The van der Waals surface area contributed by atoms with Crippen LogP contribution in [0.25, 0.3) is 66.7 Å². The first-order valence-corrected chi connectivity index (χ1v) is 28.4. The molecule has 0 saturated carbocycles. The second kappa shape index (κ2) is 26.5. The molecule has 26 heteroatoms. The summed E-state index contributed by atoms with van der Waals surface area (Å²) in [6.07, 6.45) is -1.07. The van der Waals surface area contributed by atoms with E-state index in [1.807, 2.05) is 122 Å². The summed E-state index contributed by atoms with van der Waals surface area (Å²) in [5.41, 5.74) is 5.76. The summed E-state index contributed by atoms with van der Waals surface area (Å²) < 4.78 is 62.1. The number of halogens is 3. The molecule has 3 aliphatic rings. The fourth-order valence-electron chi connectivity index (χ4n) is 9.83. The number of benzene rings is 3. The van der Waals surface area contributed by atoms with Crippen LogP contribution in [-0.2, 0) is 28.4 Å². The van der Waals surface area contributed by atoms with Crippen LogP contribution in [-0.4, -0.2) is 154 Å². The van der Waals surface area contributed by atoms with Crippen LogP contribution in [0, 0.1) is 0 Å². The van der Waals surface area contributed by atoms with Gasteiger partial charge in [0.05, 0.1) is 33.8 Å². The van der Waals surface area contributed by atoms with E-state index in [0.29, 0.717) is 103 Å². The van der Waals surface area contributed by atoms with Gasteiger partial charge in [-0.1, -0.05) is 0 Å². The molecular weight excluding hydrogens is 1150 g/mol. The van der Waals surface area contributed by atoms with Crippen LogP contribution in [0.5, 0.6) is 0 Å². The molecule has 0 radical (unpaired) electrons. The quantitative estimate of drug-likeness (QED) is 0.116. The number of anilines is 3. The van der Waals surface area contributed by atoms with Gasteiger partial charge in [0.15, 0.2) is 0 Å². The predicted molar refractivity (Wildman–Crippen MR) is 327 cm³/mol. The second-order valence-electron chi connectivity index (χ2n) is 23.0. The Labute approximate surface area is 502 Å². The van der Waals surface area contributed by atoms with Crippen LogP contribution < -0.4 is 36.9 Å². The summed E-state index contributed by atoms with van der Waals surface area (Å²) >= 11 is 0. The molecule has 3 aliphatic heterocycles. The van der Waals surface area contributed by atoms with Gasteiger partial charge in [0.1, 0.15) is 28.0 Å². The number of alkyl halides is 3. The number of carbonyl (C=O) groups is 3. The molecule has 6 aromatic heterocycles. The maximum Gasteiger partial charge on any atom is 0.446 e. The SMILES string of the molecule is CC(C)(C)OC(=O)N1CCN(c2ccc3cc(-c4ccn[nH]4)c(=O)oc3c2)CC1.Cn1ccc(-c2cc3ccc(N4CCN(C(=O)OC(C)(C)C)CC4)cc3oc2=O)n1.Cn1ccc(-c2cc3ccc(N4CCNCC4)cc3oc2=O)n1.O=CC(F)(F)F. The number of nitrogens with one attached hydrogen (secondary N) is 2. The standard InChI is InChI=1S/C22H26N4O4.C21H24N4O4.C17H18N4O2.C2HF3O/c1-22(2,3)30-21(28)26-11-9-25(10-12-26)16-6-5-15-13-17(18-7-8-24(4)23-18)20(27)29-19(15)14-16;1-21(2,3)29-20(27)25-10-8-24(9-11-25)15-5-4-14-12-16(17-6-7-22-23-17)19(26)28-18(14)13-15;1-20-7-4-15(19-20)14-10-12-2-3-13(11-16(12)23-17(14)22)21-8-5-18-6-9-21;3-2(4,5)1-6/h5-8,13-14H,9-12H2,1-4H3;4-7,12-13H,8-11H2,1-3H3,(H,22,23);2-4,7,10-11,18H,5-6,8-9H2,1H3;1H. The Balaban J connectivity index is 0.000000151. The summed E-state index contributed by atoms with van der Waals surface area (Å²) in [5, 5.41) is 21.2.